The molecule has 0 amide bonds. The Kier molecular flexibility index (Phi) is 5.13. The van der Waals surface area contributed by atoms with Crippen LogP contribution in [0, 0.1) is 13.8 Å². The number of hydrogen-bond acceptors (Lipinski definition) is 4. The van der Waals surface area contributed by atoms with Gasteiger partial charge in [0.1, 0.15) is 5.60 Å². The van der Waals surface area contributed by atoms with E-state index in [0.717, 1.165) is 16.7 Å². The summed E-state index contributed by atoms with van der Waals surface area (Å²) < 4.78 is 5.22. The van der Waals surface area contributed by atoms with Crippen molar-refractivity contribution in [2.45, 2.75) is 40.2 Å². The molecule has 0 aromatic heterocycles. The Hall–Kier alpha value is -2.30. The van der Waals surface area contributed by atoms with E-state index in [1.807, 2.05) is 34.6 Å². The average Bonchev–Trinajstić information content (AvgIpc) is 2.34. The summed E-state index contributed by atoms with van der Waals surface area (Å²) in [6.07, 6.45) is 3.12. The van der Waals surface area contributed by atoms with E-state index in [-0.39, 0.29) is 11.8 Å². The van der Waals surface area contributed by atoms with Crippen molar-refractivity contribution in [3.8, 4) is 0 Å². The molecule has 1 aromatic carbocycles. The molecule has 0 unspecified atom stereocenters. The molecule has 0 fully saturated rings. The predicted octanol–water partition coefficient (Wildman–Crippen LogP) is 2.75. The van der Waals surface area contributed by atoms with Gasteiger partial charge in [-0.3, -0.25) is 0 Å². The van der Waals surface area contributed by atoms with Gasteiger partial charge in [0.2, 0.25) is 0 Å². The van der Waals surface area contributed by atoms with Crippen molar-refractivity contribution in [3.63, 3.8) is 0 Å². The summed E-state index contributed by atoms with van der Waals surface area (Å²) in [6.45, 7) is 9.26. The highest BCUT2D eigenvalue weighted by atomic mass is 16.6. The standard InChI is InChI=1S/C16H22N2O3/c1-10-8-12(15(17)18-20)9-11(2)13(10)6-7-14(19)21-16(3,4)5/h6-9,20H,1-5H3,(H2,17,18)/b7-6+. The van der Waals surface area contributed by atoms with Gasteiger partial charge in [-0.05, 0) is 69.5 Å². The Labute approximate surface area is 125 Å². The summed E-state index contributed by atoms with van der Waals surface area (Å²) in [7, 11) is 0. The number of hydrogen-bond donors (Lipinski definition) is 2. The fraction of sp³-hybridized carbons (Fsp3) is 0.375. The molecule has 0 atom stereocenters. The minimum absolute atomic E-state index is 0.0591. The lowest BCUT2D eigenvalue weighted by atomic mass is 9.98. The first-order valence-corrected chi connectivity index (χ1v) is 6.64. The van der Waals surface area contributed by atoms with Crippen LogP contribution in [0.2, 0.25) is 0 Å². The number of carbonyl (C=O) groups excluding carboxylic acids is 1. The van der Waals surface area contributed by atoms with E-state index in [9.17, 15) is 4.79 Å². The van der Waals surface area contributed by atoms with Gasteiger partial charge in [-0.1, -0.05) is 5.16 Å². The summed E-state index contributed by atoms with van der Waals surface area (Å²) in [5, 5.41) is 11.7. The van der Waals surface area contributed by atoms with Crippen LogP contribution in [0.25, 0.3) is 6.08 Å². The molecule has 114 valence electrons. The maximum atomic E-state index is 11.7. The van der Waals surface area contributed by atoms with Crippen LogP contribution < -0.4 is 5.73 Å². The van der Waals surface area contributed by atoms with Crippen molar-refractivity contribution in [2.75, 3.05) is 0 Å². The van der Waals surface area contributed by atoms with Gasteiger partial charge in [0.25, 0.3) is 0 Å². The lowest BCUT2D eigenvalue weighted by Crippen LogP contribution is -2.22. The van der Waals surface area contributed by atoms with Gasteiger partial charge in [-0.25, -0.2) is 4.79 Å². The molecule has 0 saturated heterocycles. The molecular weight excluding hydrogens is 268 g/mol. The molecule has 1 aromatic rings. The largest absolute Gasteiger partial charge is 0.457 e. The quantitative estimate of drug-likeness (QED) is 0.224. The van der Waals surface area contributed by atoms with Crippen LogP contribution in [0.4, 0.5) is 0 Å². The lowest BCUT2D eigenvalue weighted by Gasteiger charge is -2.18. The second kappa shape index (κ2) is 6.43. The van der Waals surface area contributed by atoms with Gasteiger partial charge in [0.15, 0.2) is 5.84 Å². The first-order chi connectivity index (χ1) is 9.64. The fourth-order valence-corrected chi connectivity index (χ4v) is 1.93. The van der Waals surface area contributed by atoms with Crippen molar-refractivity contribution in [1.82, 2.24) is 0 Å². The van der Waals surface area contributed by atoms with E-state index in [2.05, 4.69) is 5.16 Å². The monoisotopic (exact) mass is 290 g/mol. The lowest BCUT2D eigenvalue weighted by molar-refractivity contribution is -0.148. The number of oxime groups is 1. The third-order valence-electron chi connectivity index (χ3n) is 2.79. The highest BCUT2D eigenvalue weighted by Crippen LogP contribution is 2.19. The number of benzene rings is 1. The second-order valence-electron chi connectivity index (χ2n) is 5.88. The molecular formula is C16H22N2O3. The van der Waals surface area contributed by atoms with Crippen molar-refractivity contribution in [1.29, 1.82) is 0 Å². The van der Waals surface area contributed by atoms with E-state index < -0.39 is 5.60 Å². The van der Waals surface area contributed by atoms with Crippen molar-refractivity contribution in [3.05, 3.63) is 40.5 Å². The van der Waals surface area contributed by atoms with Crippen LogP contribution >= 0.6 is 0 Å². The Morgan fingerprint density at radius 1 is 1.29 bits per heavy atom. The molecule has 1 rings (SSSR count). The second-order valence-corrected chi connectivity index (χ2v) is 5.88. The minimum Gasteiger partial charge on any atom is -0.457 e. The SMILES string of the molecule is Cc1cc(C(N)=NO)cc(C)c1/C=C/C(=O)OC(C)(C)C. The first-order valence-electron chi connectivity index (χ1n) is 6.64. The zero-order valence-corrected chi connectivity index (χ0v) is 13.1. The molecule has 0 heterocycles. The van der Waals surface area contributed by atoms with Crippen LogP contribution in [0.3, 0.4) is 0 Å². The number of esters is 1. The smallest absolute Gasteiger partial charge is 0.331 e. The highest BCUT2D eigenvalue weighted by molar-refractivity contribution is 5.98. The zero-order chi connectivity index (χ0) is 16.2. The van der Waals surface area contributed by atoms with Crippen molar-refractivity contribution < 1.29 is 14.7 Å². The fourth-order valence-electron chi connectivity index (χ4n) is 1.93. The molecule has 0 bridgehead atoms. The maximum absolute atomic E-state index is 11.7. The van der Waals surface area contributed by atoms with Crippen LogP contribution in [-0.4, -0.2) is 22.6 Å². The molecule has 0 spiro atoms. The molecule has 0 radical (unpaired) electrons. The predicted molar refractivity (Wildman–Crippen MR) is 83.3 cm³/mol. The van der Waals surface area contributed by atoms with E-state index >= 15 is 0 Å². The van der Waals surface area contributed by atoms with E-state index in [0.29, 0.717) is 5.56 Å². The number of aryl methyl sites for hydroxylation is 2. The number of nitrogens with two attached hydrogens (primary N) is 1. The van der Waals surface area contributed by atoms with Crippen LogP contribution in [0.1, 0.15) is 43.0 Å². The number of rotatable bonds is 3. The van der Waals surface area contributed by atoms with Gasteiger partial charge >= 0.3 is 5.97 Å². The molecule has 5 heteroatoms. The maximum Gasteiger partial charge on any atom is 0.331 e. The summed E-state index contributed by atoms with van der Waals surface area (Å²) in [4.78, 5) is 11.7. The number of amidine groups is 1. The van der Waals surface area contributed by atoms with Gasteiger partial charge in [-0.15, -0.1) is 0 Å². The summed E-state index contributed by atoms with van der Waals surface area (Å²) in [5.41, 5.74) is 8.48. The molecule has 0 aliphatic rings. The Balaban J connectivity index is 3.03. The summed E-state index contributed by atoms with van der Waals surface area (Å²) >= 11 is 0. The average molecular weight is 290 g/mol. The van der Waals surface area contributed by atoms with Crippen LogP contribution in [0.5, 0.6) is 0 Å². The third-order valence-corrected chi connectivity index (χ3v) is 2.79. The normalized spacial score (nSPS) is 12.7. The topological polar surface area (TPSA) is 84.9 Å². The Morgan fingerprint density at radius 3 is 2.24 bits per heavy atom. The zero-order valence-electron chi connectivity index (χ0n) is 13.1. The van der Waals surface area contributed by atoms with Gasteiger partial charge in [0.05, 0.1) is 0 Å². The van der Waals surface area contributed by atoms with Gasteiger partial charge in [-0.2, -0.15) is 0 Å². The van der Waals surface area contributed by atoms with E-state index in [1.165, 1.54) is 6.08 Å². The molecule has 3 N–H and O–H groups in total. The molecule has 5 nitrogen and oxygen atoms in total. The number of ether oxygens (including phenoxy) is 1. The molecule has 0 saturated carbocycles. The van der Waals surface area contributed by atoms with Crippen LogP contribution in [-0.2, 0) is 9.53 Å². The Bertz CT molecular complexity index is 573. The highest BCUT2D eigenvalue weighted by Gasteiger charge is 2.14. The first kappa shape index (κ1) is 16.8. The third kappa shape index (κ3) is 4.95. The van der Waals surface area contributed by atoms with Crippen molar-refractivity contribution >= 4 is 17.9 Å². The molecule has 0 aliphatic heterocycles. The van der Waals surface area contributed by atoms with E-state index in [1.54, 1.807) is 18.2 Å². The molecule has 21 heavy (non-hydrogen) atoms. The van der Waals surface area contributed by atoms with Gasteiger partial charge in [0, 0.05) is 11.6 Å². The summed E-state index contributed by atoms with van der Waals surface area (Å²) in [6, 6.07) is 3.60. The van der Waals surface area contributed by atoms with Crippen LogP contribution in [0.15, 0.2) is 23.4 Å². The molecule has 0 aliphatic carbocycles. The summed E-state index contributed by atoms with van der Waals surface area (Å²) in [5.74, 6) is -0.328. The Morgan fingerprint density at radius 2 is 1.81 bits per heavy atom. The number of nitrogens with zero attached hydrogens (tertiary/aromatic N) is 1. The van der Waals surface area contributed by atoms with E-state index in [4.69, 9.17) is 15.7 Å². The minimum atomic E-state index is -0.512. The van der Waals surface area contributed by atoms with Crippen molar-refractivity contribution in [2.24, 2.45) is 10.9 Å². The number of carbonyl (C=O) groups is 1. The van der Waals surface area contributed by atoms with Gasteiger partial charge < -0.3 is 15.7 Å².